The fourth-order valence-electron chi connectivity index (χ4n) is 1.58. The van der Waals surface area contributed by atoms with E-state index in [9.17, 15) is 9.18 Å². The Morgan fingerprint density at radius 1 is 1.39 bits per heavy atom. The van der Waals surface area contributed by atoms with Crippen molar-refractivity contribution < 1.29 is 19.0 Å². The molecule has 18 heavy (non-hydrogen) atoms. The van der Waals surface area contributed by atoms with Crippen LogP contribution in [0.25, 0.3) is 0 Å². The van der Waals surface area contributed by atoms with Gasteiger partial charge in [0.05, 0.1) is 6.61 Å². The molecular weight excluding hydrogens is 235 g/mol. The molecule has 0 aliphatic heterocycles. The number of carbonyl (C=O) groups is 1. The number of ether oxygens (including phenoxy) is 1. The highest BCUT2D eigenvalue weighted by Crippen LogP contribution is 2.23. The third kappa shape index (κ3) is 4.73. The summed E-state index contributed by atoms with van der Waals surface area (Å²) in [6.45, 7) is 6.83. The van der Waals surface area contributed by atoms with E-state index in [1.54, 1.807) is 0 Å². The second-order valence-corrected chi connectivity index (χ2v) is 5.46. The summed E-state index contributed by atoms with van der Waals surface area (Å²) >= 11 is 0. The molecule has 0 saturated heterocycles. The van der Waals surface area contributed by atoms with Crippen LogP contribution in [0, 0.1) is 11.2 Å². The van der Waals surface area contributed by atoms with E-state index in [2.05, 4.69) is 20.8 Å². The molecule has 0 heterocycles. The predicted octanol–water partition coefficient (Wildman–Crippen LogP) is 3.73. The van der Waals surface area contributed by atoms with Crippen LogP contribution in [-0.4, -0.2) is 17.7 Å². The molecule has 0 bridgehead atoms. The number of hydrogen-bond acceptors (Lipinski definition) is 2. The zero-order valence-electron chi connectivity index (χ0n) is 11.0. The van der Waals surface area contributed by atoms with E-state index in [1.165, 1.54) is 12.1 Å². The van der Waals surface area contributed by atoms with Crippen LogP contribution in [0.1, 0.15) is 44.0 Å². The van der Waals surface area contributed by atoms with Gasteiger partial charge in [-0.05, 0) is 36.5 Å². The molecule has 4 heteroatoms. The van der Waals surface area contributed by atoms with Crippen molar-refractivity contribution in [2.45, 2.75) is 33.6 Å². The predicted molar refractivity (Wildman–Crippen MR) is 67.5 cm³/mol. The van der Waals surface area contributed by atoms with Gasteiger partial charge in [0.2, 0.25) is 0 Å². The smallest absolute Gasteiger partial charge is 0.339 e. The highest BCUT2D eigenvalue weighted by molar-refractivity contribution is 5.90. The van der Waals surface area contributed by atoms with Crippen molar-refractivity contribution in [1.29, 1.82) is 0 Å². The zero-order valence-corrected chi connectivity index (χ0v) is 11.0. The van der Waals surface area contributed by atoms with Gasteiger partial charge >= 0.3 is 5.97 Å². The molecule has 3 nitrogen and oxygen atoms in total. The maximum absolute atomic E-state index is 12.9. The van der Waals surface area contributed by atoms with Crippen molar-refractivity contribution in [1.82, 2.24) is 0 Å². The molecular formula is C14H19FO3. The van der Waals surface area contributed by atoms with Gasteiger partial charge in [0.1, 0.15) is 17.1 Å². The summed E-state index contributed by atoms with van der Waals surface area (Å²) in [5.41, 5.74) is 0.0904. The summed E-state index contributed by atoms with van der Waals surface area (Å²) in [6.07, 6.45) is 1.82. The molecule has 0 saturated carbocycles. The van der Waals surface area contributed by atoms with Crippen LogP contribution in [0.5, 0.6) is 5.75 Å². The van der Waals surface area contributed by atoms with Gasteiger partial charge in [0, 0.05) is 0 Å². The van der Waals surface area contributed by atoms with E-state index in [0.29, 0.717) is 6.61 Å². The molecule has 0 fully saturated rings. The van der Waals surface area contributed by atoms with E-state index < -0.39 is 11.8 Å². The third-order valence-corrected chi connectivity index (χ3v) is 2.50. The molecule has 0 atom stereocenters. The van der Waals surface area contributed by atoms with Gasteiger partial charge in [-0.25, -0.2) is 9.18 Å². The van der Waals surface area contributed by atoms with E-state index in [1.807, 2.05) is 0 Å². The van der Waals surface area contributed by atoms with Crippen LogP contribution in [0.2, 0.25) is 0 Å². The number of benzene rings is 1. The molecule has 0 spiro atoms. The fraction of sp³-hybridized carbons (Fsp3) is 0.500. The monoisotopic (exact) mass is 254 g/mol. The number of carboxylic acid groups (broad SMARTS) is 1. The summed E-state index contributed by atoms with van der Waals surface area (Å²) in [4.78, 5) is 10.9. The van der Waals surface area contributed by atoms with E-state index >= 15 is 0 Å². The normalized spacial score (nSPS) is 11.3. The lowest BCUT2D eigenvalue weighted by Gasteiger charge is -2.18. The average Bonchev–Trinajstić information content (AvgIpc) is 2.24. The van der Waals surface area contributed by atoms with Crippen LogP contribution in [0.15, 0.2) is 18.2 Å². The van der Waals surface area contributed by atoms with Crippen molar-refractivity contribution in [2.75, 3.05) is 6.61 Å². The molecule has 0 amide bonds. The number of hydrogen-bond donors (Lipinski definition) is 1. The summed E-state index contributed by atoms with van der Waals surface area (Å²) in [7, 11) is 0. The van der Waals surface area contributed by atoms with Crippen LogP contribution in [0.4, 0.5) is 4.39 Å². The third-order valence-electron chi connectivity index (χ3n) is 2.50. The summed E-state index contributed by atoms with van der Waals surface area (Å²) in [6, 6.07) is 3.53. The molecule has 0 aliphatic carbocycles. The van der Waals surface area contributed by atoms with E-state index in [-0.39, 0.29) is 16.7 Å². The number of rotatable bonds is 5. The molecule has 0 aromatic heterocycles. The Kier molecular flexibility index (Phi) is 4.70. The highest BCUT2D eigenvalue weighted by Gasteiger charge is 2.13. The summed E-state index contributed by atoms with van der Waals surface area (Å²) in [5.74, 6) is -1.53. The summed E-state index contributed by atoms with van der Waals surface area (Å²) in [5, 5.41) is 8.93. The lowest BCUT2D eigenvalue weighted by Crippen LogP contribution is -2.09. The molecule has 0 aliphatic rings. The molecule has 1 N–H and O–H groups in total. The van der Waals surface area contributed by atoms with Crippen molar-refractivity contribution in [3.05, 3.63) is 29.6 Å². The molecule has 1 rings (SSSR count). The van der Waals surface area contributed by atoms with Gasteiger partial charge in [-0.1, -0.05) is 20.8 Å². The topological polar surface area (TPSA) is 46.5 Å². The molecule has 0 unspecified atom stereocenters. The van der Waals surface area contributed by atoms with Crippen molar-refractivity contribution >= 4 is 5.97 Å². The first kappa shape index (κ1) is 14.5. The van der Waals surface area contributed by atoms with Gasteiger partial charge in [-0.3, -0.25) is 0 Å². The highest BCUT2D eigenvalue weighted by atomic mass is 19.1. The van der Waals surface area contributed by atoms with Crippen molar-refractivity contribution in [2.24, 2.45) is 5.41 Å². The van der Waals surface area contributed by atoms with Gasteiger partial charge in [0.15, 0.2) is 0 Å². The maximum Gasteiger partial charge on any atom is 0.339 e. The molecule has 100 valence electrons. The number of aromatic carboxylic acids is 1. The van der Waals surface area contributed by atoms with Crippen LogP contribution >= 0.6 is 0 Å². The molecule has 1 aromatic carbocycles. The van der Waals surface area contributed by atoms with Crippen LogP contribution in [0.3, 0.4) is 0 Å². The Labute approximate surface area is 107 Å². The van der Waals surface area contributed by atoms with Crippen LogP contribution in [-0.2, 0) is 0 Å². The quantitative estimate of drug-likeness (QED) is 0.814. The van der Waals surface area contributed by atoms with Crippen molar-refractivity contribution in [3.63, 3.8) is 0 Å². The maximum atomic E-state index is 12.9. The van der Waals surface area contributed by atoms with Crippen molar-refractivity contribution in [3.8, 4) is 5.75 Å². The zero-order chi connectivity index (χ0) is 13.8. The molecule has 1 aromatic rings. The summed E-state index contributed by atoms with van der Waals surface area (Å²) < 4.78 is 18.3. The average molecular weight is 254 g/mol. The van der Waals surface area contributed by atoms with E-state index in [4.69, 9.17) is 9.84 Å². The Morgan fingerprint density at radius 2 is 2.06 bits per heavy atom. The van der Waals surface area contributed by atoms with Gasteiger partial charge < -0.3 is 9.84 Å². The first-order valence-corrected chi connectivity index (χ1v) is 5.95. The Bertz CT molecular complexity index is 422. The largest absolute Gasteiger partial charge is 0.493 e. The minimum atomic E-state index is -1.18. The Balaban J connectivity index is 2.59. The second kappa shape index (κ2) is 5.85. The van der Waals surface area contributed by atoms with Gasteiger partial charge in [0.25, 0.3) is 0 Å². The minimum Gasteiger partial charge on any atom is -0.493 e. The van der Waals surface area contributed by atoms with Gasteiger partial charge in [-0.2, -0.15) is 0 Å². The Morgan fingerprint density at radius 3 is 2.61 bits per heavy atom. The molecule has 0 radical (unpaired) electrons. The fourth-order valence-corrected chi connectivity index (χ4v) is 1.58. The standard InChI is InChI=1S/C14H19FO3/c1-14(2,3)7-4-8-18-12-6-5-10(15)9-11(12)13(16)17/h5-6,9H,4,7-8H2,1-3H3,(H,16,17). The second-order valence-electron chi connectivity index (χ2n) is 5.46. The van der Waals surface area contributed by atoms with Crippen LogP contribution < -0.4 is 4.74 Å². The van der Waals surface area contributed by atoms with Gasteiger partial charge in [-0.15, -0.1) is 0 Å². The first-order valence-electron chi connectivity index (χ1n) is 5.95. The Hall–Kier alpha value is -1.58. The number of carboxylic acids is 1. The lowest BCUT2D eigenvalue weighted by molar-refractivity contribution is 0.0691. The van der Waals surface area contributed by atoms with E-state index in [0.717, 1.165) is 18.9 Å². The first-order chi connectivity index (χ1) is 8.29. The number of halogens is 1. The SMILES string of the molecule is CC(C)(C)CCCOc1ccc(F)cc1C(=O)O. The lowest BCUT2D eigenvalue weighted by atomic mass is 9.91. The minimum absolute atomic E-state index is 0.134.